The van der Waals surface area contributed by atoms with E-state index in [1.54, 1.807) is 11.0 Å². The molecule has 1 aromatic heterocycles. The number of amides is 1. The lowest BCUT2D eigenvalue weighted by Gasteiger charge is -2.29. The summed E-state index contributed by atoms with van der Waals surface area (Å²) in [4.78, 5) is 46.5. The van der Waals surface area contributed by atoms with E-state index < -0.39 is 23.5 Å². The van der Waals surface area contributed by atoms with Crippen molar-refractivity contribution in [2.24, 2.45) is 17.3 Å². The Hall–Kier alpha value is -3.94. The summed E-state index contributed by atoms with van der Waals surface area (Å²) in [5.74, 6) is -1.66. The third-order valence-corrected chi connectivity index (χ3v) is 8.97. The van der Waals surface area contributed by atoms with E-state index in [-0.39, 0.29) is 49.0 Å². The molecule has 3 heterocycles. The summed E-state index contributed by atoms with van der Waals surface area (Å²) in [6.07, 6.45) is 9.38. The number of hydrogen-bond acceptors (Lipinski definition) is 6. The van der Waals surface area contributed by atoms with Crippen LogP contribution in [-0.4, -0.2) is 51.3 Å². The van der Waals surface area contributed by atoms with Gasteiger partial charge in [0.1, 0.15) is 11.6 Å². The third kappa shape index (κ3) is 5.78. The van der Waals surface area contributed by atoms with Gasteiger partial charge in [0, 0.05) is 18.8 Å². The Labute approximate surface area is 239 Å². The van der Waals surface area contributed by atoms with Gasteiger partial charge < -0.3 is 19.2 Å². The summed E-state index contributed by atoms with van der Waals surface area (Å²) in [7, 11) is 0. The third-order valence-electron chi connectivity index (χ3n) is 8.97. The molecule has 0 unspecified atom stereocenters. The minimum atomic E-state index is -1.09. The van der Waals surface area contributed by atoms with Crippen molar-refractivity contribution in [3.05, 3.63) is 72.3 Å². The number of hydrogen-bond donors (Lipinski definition) is 1. The first-order valence-electron chi connectivity index (χ1n) is 14.7. The number of carbonyl (C=O) groups is 3. The number of ether oxygens (including phenoxy) is 1. The second kappa shape index (κ2) is 11.5. The Kier molecular flexibility index (Phi) is 7.65. The van der Waals surface area contributed by atoms with Crippen LogP contribution in [0.3, 0.4) is 0 Å². The average molecular weight is 557 g/mol. The minimum absolute atomic E-state index is 0.0689. The number of aliphatic carboxylic acids is 1. The van der Waals surface area contributed by atoms with Crippen molar-refractivity contribution in [2.75, 3.05) is 6.54 Å². The zero-order chi connectivity index (χ0) is 28.4. The van der Waals surface area contributed by atoms with Crippen molar-refractivity contribution in [3.63, 3.8) is 0 Å². The first-order valence-corrected chi connectivity index (χ1v) is 14.7. The highest BCUT2D eigenvalue weighted by molar-refractivity contribution is 5.95. The normalized spacial score (nSPS) is 29.7. The van der Waals surface area contributed by atoms with Gasteiger partial charge in [0.05, 0.1) is 18.0 Å². The van der Waals surface area contributed by atoms with Crippen molar-refractivity contribution < 1.29 is 28.6 Å². The Morgan fingerprint density at radius 2 is 1.88 bits per heavy atom. The van der Waals surface area contributed by atoms with Crippen molar-refractivity contribution in [3.8, 4) is 6.08 Å². The minimum Gasteiger partial charge on any atom is -0.481 e. The quantitative estimate of drug-likeness (QED) is 0.407. The van der Waals surface area contributed by atoms with E-state index in [9.17, 15) is 19.5 Å². The number of carbonyl (C=O) groups excluding carboxylic acids is 2. The summed E-state index contributed by atoms with van der Waals surface area (Å²) in [6.45, 7) is 0.225. The van der Waals surface area contributed by atoms with Crippen LogP contribution < -0.4 is 4.74 Å². The van der Waals surface area contributed by atoms with E-state index in [4.69, 9.17) is 9.15 Å². The molecule has 1 aliphatic carbocycles. The Bertz CT molecular complexity index is 1420. The van der Waals surface area contributed by atoms with Crippen molar-refractivity contribution >= 4 is 28.8 Å². The number of carboxylic acids is 1. The SMILES string of the molecule is O=C1C[C@]2(C(=O)O)C[C@H]2/C=C\CCCCC[C@H](Cc2ccccc2)C(=O)N2C[C@H](Oc3nc4ccccc4o3)C[C@@H]12. The number of benzene rings is 2. The molecule has 2 aromatic carbocycles. The lowest BCUT2D eigenvalue weighted by Crippen LogP contribution is -2.45. The van der Waals surface area contributed by atoms with Crippen molar-refractivity contribution in [1.29, 1.82) is 0 Å². The molecule has 3 aromatic rings. The molecule has 8 nitrogen and oxygen atoms in total. The van der Waals surface area contributed by atoms with Gasteiger partial charge in [-0.3, -0.25) is 14.4 Å². The predicted octanol–water partition coefficient (Wildman–Crippen LogP) is 5.61. The first-order chi connectivity index (χ1) is 19.9. The molecular formula is C33H36N2O6. The largest absolute Gasteiger partial charge is 0.481 e. The van der Waals surface area contributed by atoms with E-state index in [2.05, 4.69) is 11.1 Å². The molecule has 5 atom stereocenters. The van der Waals surface area contributed by atoms with E-state index in [0.29, 0.717) is 23.9 Å². The number of nitrogens with zero attached hydrogens (tertiary/aromatic N) is 2. The van der Waals surface area contributed by atoms with Gasteiger partial charge in [-0.05, 0) is 55.7 Å². The molecule has 41 heavy (non-hydrogen) atoms. The molecule has 0 spiro atoms. The highest BCUT2D eigenvalue weighted by atomic mass is 16.6. The highest BCUT2D eigenvalue weighted by Crippen LogP contribution is 2.57. The number of rotatable bonds is 5. The average Bonchev–Trinajstić information content (AvgIpc) is 3.28. The molecule has 3 aliphatic rings. The van der Waals surface area contributed by atoms with Gasteiger partial charge in [0.2, 0.25) is 5.91 Å². The van der Waals surface area contributed by atoms with Gasteiger partial charge >= 0.3 is 12.0 Å². The van der Waals surface area contributed by atoms with Crippen LogP contribution in [0.5, 0.6) is 6.08 Å². The van der Waals surface area contributed by atoms with E-state index >= 15 is 0 Å². The van der Waals surface area contributed by atoms with Crippen LogP contribution in [0.4, 0.5) is 0 Å². The molecule has 2 aliphatic heterocycles. The topological polar surface area (TPSA) is 110 Å². The van der Waals surface area contributed by atoms with Crippen LogP contribution in [0.2, 0.25) is 0 Å². The Morgan fingerprint density at radius 1 is 1.07 bits per heavy atom. The standard InChI is InChI=1S/C33H36N2O6/c36-28-20-33(31(38)39)19-24(33)14-8-3-1-2-7-13-23(17-22-11-5-4-6-12-22)30(37)35-21-25(18-27(28)35)40-32-34-26-15-9-10-16-29(26)41-32/h4-6,8-12,14-16,23-25,27H,1-3,7,13,17-21H2,(H,38,39)/b14-8-/t23-,24-,25-,27+,33-/m1/s1. The summed E-state index contributed by atoms with van der Waals surface area (Å²) in [5, 5.41) is 10.1. The lowest BCUT2D eigenvalue weighted by molar-refractivity contribution is -0.147. The number of aromatic nitrogens is 1. The zero-order valence-corrected chi connectivity index (χ0v) is 23.1. The van der Waals surface area contributed by atoms with Gasteiger partial charge in [0.25, 0.3) is 0 Å². The zero-order valence-electron chi connectivity index (χ0n) is 23.1. The van der Waals surface area contributed by atoms with E-state index in [1.165, 1.54) is 0 Å². The Balaban J connectivity index is 1.28. The van der Waals surface area contributed by atoms with Crippen LogP contribution >= 0.6 is 0 Å². The van der Waals surface area contributed by atoms with Crippen LogP contribution in [-0.2, 0) is 20.8 Å². The number of Topliss-reactive ketones (excluding diaryl/α,β-unsaturated/α-hetero) is 1. The molecule has 8 heteroatoms. The van der Waals surface area contributed by atoms with Crippen LogP contribution in [0.1, 0.15) is 56.9 Å². The maximum absolute atomic E-state index is 14.2. The molecule has 214 valence electrons. The molecule has 0 radical (unpaired) electrons. The smallest absolute Gasteiger partial charge is 0.394 e. The van der Waals surface area contributed by atoms with Crippen molar-refractivity contribution in [2.45, 2.75) is 69.9 Å². The van der Waals surface area contributed by atoms with E-state index in [1.807, 2.05) is 54.6 Å². The van der Waals surface area contributed by atoms with Crippen molar-refractivity contribution in [1.82, 2.24) is 9.88 Å². The van der Waals surface area contributed by atoms with Gasteiger partial charge in [0.15, 0.2) is 11.4 Å². The molecule has 1 saturated heterocycles. The van der Waals surface area contributed by atoms with Gasteiger partial charge in [-0.1, -0.05) is 67.5 Å². The van der Waals surface area contributed by atoms with Crippen LogP contribution in [0.25, 0.3) is 11.1 Å². The molecule has 6 rings (SSSR count). The molecular weight excluding hydrogens is 520 g/mol. The fourth-order valence-corrected chi connectivity index (χ4v) is 6.55. The fourth-order valence-electron chi connectivity index (χ4n) is 6.55. The van der Waals surface area contributed by atoms with E-state index in [0.717, 1.165) is 37.7 Å². The molecule has 0 bridgehead atoms. The summed E-state index contributed by atoms with van der Waals surface area (Å²) < 4.78 is 11.9. The number of allylic oxidation sites excluding steroid dienone is 2. The second-order valence-corrected chi connectivity index (χ2v) is 11.8. The van der Waals surface area contributed by atoms with Gasteiger partial charge in [-0.15, -0.1) is 0 Å². The number of carboxylic acid groups (broad SMARTS) is 1. The maximum atomic E-state index is 14.2. The number of oxazole rings is 1. The van der Waals surface area contributed by atoms with Crippen LogP contribution in [0, 0.1) is 17.3 Å². The molecule has 1 N–H and O–H groups in total. The summed E-state index contributed by atoms with van der Waals surface area (Å²) >= 11 is 0. The van der Waals surface area contributed by atoms with Gasteiger partial charge in [-0.2, -0.15) is 4.98 Å². The molecule has 1 amide bonds. The highest BCUT2D eigenvalue weighted by Gasteiger charge is 2.61. The molecule has 2 fully saturated rings. The monoisotopic (exact) mass is 556 g/mol. The number of ketones is 1. The molecule has 1 saturated carbocycles. The maximum Gasteiger partial charge on any atom is 0.394 e. The number of fused-ring (bicyclic) bond motifs is 3. The first kappa shape index (κ1) is 27.2. The van der Waals surface area contributed by atoms with Gasteiger partial charge in [-0.25, -0.2) is 0 Å². The number of para-hydroxylation sites is 2. The van der Waals surface area contributed by atoms with Crippen LogP contribution in [0.15, 0.2) is 71.2 Å². The predicted molar refractivity (Wildman–Crippen MR) is 152 cm³/mol. The summed E-state index contributed by atoms with van der Waals surface area (Å²) in [6, 6.07) is 16.6. The Morgan fingerprint density at radius 3 is 2.68 bits per heavy atom. The summed E-state index contributed by atoms with van der Waals surface area (Å²) in [5.41, 5.74) is 1.26. The second-order valence-electron chi connectivity index (χ2n) is 11.8. The lowest BCUT2D eigenvalue weighted by atomic mass is 9.90. The fraction of sp³-hybridized carbons (Fsp3) is 0.455.